The van der Waals surface area contributed by atoms with Gasteiger partial charge in [0.15, 0.2) is 5.79 Å². The number of ketones is 1. The van der Waals surface area contributed by atoms with Crippen molar-refractivity contribution in [2.24, 2.45) is 34.0 Å². The predicted molar refractivity (Wildman–Crippen MR) is 120 cm³/mol. The Hall–Kier alpha value is -2.45. The number of methoxy groups -OCH3 is 1. The lowest BCUT2D eigenvalue weighted by atomic mass is 9.38. The first-order chi connectivity index (χ1) is 16.4. The normalized spacial score (nSPS) is 47.0. The van der Waals surface area contributed by atoms with E-state index in [0.717, 1.165) is 11.1 Å². The zero-order chi connectivity index (χ0) is 25.2. The highest BCUT2D eigenvalue weighted by atomic mass is 16.7. The molecule has 35 heavy (non-hydrogen) atoms. The SMILES string of the molecule is COC(=O)CC1C(C)(C)C2(O)OC34CC2C(=O)[C@@]1(C)C3CC[C@]1(C)C4=CC(=O)OC1c1ccoc1. The third-order valence-electron chi connectivity index (χ3n) is 10.5. The van der Waals surface area contributed by atoms with Gasteiger partial charge in [-0.3, -0.25) is 9.59 Å². The Kier molecular flexibility index (Phi) is 4.37. The van der Waals surface area contributed by atoms with Gasteiger partial charge >= 0.3 is 11.9 Å². The monoisotopic (exact) mass is 484 g/mol. The summed E-state index contributed by atoms with van der Waals surface area (Å²) >= 11 is 0. The molecule has 2 aliphatic heterocycles. The van der Waals surface area contributed by atoms with E-state index in [1.165, 1.54) is 13.2 Å². The van der Waals surface area contributed by atoms with Gasteiger partial charge in [-0.05, 0) is 36.8 Å². The van der Waals surface area contributed by atoms with E-state index in [-0.39, 0.29) is 18.1 Å². The highest BCUT2D eigenvalue weighted by molar-refractivity contribution is 5.93. The van der Waals surface area contributed by atoms with Gasteiger partial charge < -0.3 is 23.7 Å². The molecule has 0 amide bonds. The zero-order valence-electron chi connectivity index (χ0n) is 20.8. The summed E-state index contributed by atoms with van der Waals surface area (Å²) in [4.78, 5) is 39.5. The van der Waals surface area contributed by atoms with Gasteiger partial charge in [0.2, 0.25) is 0 Å². The van der Waals surface area contributed by atoms with Crippen molar-refractivity contribution in [2.45, 2.75) is 70.9 Å². The molecule has 0 radical (unpaired) electrons. The Morgan fingerprint density at radius 1 is 1.23 bits per heavy atom. The quantitative estimate of drug-likeness (QED) is 0.649. The molecule has 5 aliphatic rings. The Morgan fingerprint density at radius 3 is 2.63 bits per heavy atom. The Morgan fingerprint density at radius 2 is 1.97 bits per heavy atom. The molecule has 3 aliphatic carbocycles. The van der Waals surface area contributed by atoms with Crippen LogP contribution in [0.15, 0.2) is 34.7 Å². The third-order valence-corrected chi connectivity index (χ3v) is 10.5. The summed E-state index contributed by atoms with van der Waals surface area (Å²) in [5, 5.41) is 12.1. The molecule has 1 N–H and O–H groups in total. The summed E-state index contributed by atoms with van der Waals surface area (Å²) in [6.45, 7) is 7.76. The molecule has 0 aromatic carbocycles. The molecule has 1 aromatic rings. The smallest absolute Gasteiger partial charge is 0.331 e. The highest BCUT2D eigenvalue weighted by Gasteiger charge is 2.83. The molecule has 3 bridgehead atoms. The van der Waals surface area contributed by atoms with Gasteiger partial charge in [0.05, 0.1) is 31.2 Å². The molecule has 3 heterocycles. The molecule has 6 rings (SSSR count). The molecule has 188 valence electrons. The first-order valence-corrected chi connectivity index (χ1v) is 12.4. The molecule has 1 spiro atoms. The lowest BCUT2D eigenvalue weighted by Crippen LogP contribution is -2.69. The van der Waals surface area contributed by atoms with Crippen LogP contribution in [0, 0.1) is 34.0 Å². The van der Waals surface area contributed by atoms with Crippen molar-refractivity contribution in [3.8, 4) is 0 Å². The predicted octanol–water partition coefficient (Wildman–Crippen LogP) is 3.49. The van der Waals surface area contributed by atoms with Crippen molar-refractivity contribution >= 4 is 17.7 Å². The van der Waals surface area contributed by atoms with E-state index >= 15 is 0 Å². The van der Waals surface area contributed by atoms with Crippen molar-refractivity contribution in [2.75, 3.05) is 7.11 Å². The average Bonchev–Trinajstić information content (AvgIpc) is 3.42. The number of carbonyl (C=O) groups excluding carboxylic acids is 3. The number of cyclic esters (lactones) is 1. The van der Waals surface area contributed by atoms with Gasteiger partial charge in [0.1, 0.15) is 11.9 Å². The van der Waals surface area contributed by atoms with Crippen LogP contribution in [0.25, 0.3) is 0 Å². The number of Topliss-reactive ketones (excluding diaryl/α,β-unsaturated/α-hetero) is 1. The minimum atomic E-state index is -1.78. The summed E-state index contributed by atoms with van der Waals surface area (Å²) in [6.07, 6.45) is 5.69. The van der Waals surface area contributed by atoms with E-state index in [9.17, 15) is 19.5 Å². The van der Waals surface area contributed by atoms with Gasteiger partial charge in [-0.25, -0.2) is 4.79 Å². The number of ether oxygens (including phenoxy) is 3. The van der Waals surface area contributed by atoms with E-state index in [0.29, 0.717) is 19.3 Å². The van der Waals surface area contributed by atoms with E-state index in [2.05, 4.69) is 6.92 Å². The maximum atomic E-state index is 14.0. The van der Waals surface area contributed by atoms with Crippen molar-refractivity contribution < 1.29 is 38.1 Å². The van der Waals surface area contributed by atoms with E-state index in [1.807, 2.05) is 20.8 Å². The lowest BCUT2D eigenvalue weighted by molar-refractivity contribution is -0.297. The zero-order valence-corrected chi connectivity index (χ0v) is 20.8. The Balaban J connectivity index is 1.56. The number of esters is 2. The fraction of sp³-hybridized carbons (Fsp3) is 0.667. The number of aliphatic hydroxyl groups is 1. The average molecular weight is 485 g/mol. The molecule has 8 atom stereocenters. The number of carbonyl (C=O) groups is 3. The summed E-state index contributed by atoms with van der Waals surface area (Å²) in [6, 6.07) is 1.80. The Bertz CT molecular complexity index is 1170. The van der Waals surface area contributed by atoms with E-state index < -0.39 is 57.5 Å². The lowest BCUT2D eigenvalue weighted by Gasteiger charge is -2.62. The molecule has 1 saturated heterocycles. The topological polar surface area (TPSA) is 112 Å². The number of furan rings is 1. The highest BCUT2D eigenvalue weighted by Crippen LogP contribution is 2.77. The maximum Gasteiger partial charge on any atom is 0.331 e. The fourth-order valence-electron chi connectivity index (χ4n) is 8.82. The standard InChI is InChI=1S/C27H32O8/c1-23(2)17(10-19(28)32-5)25(4)16-6-8-24(3)18(11-20(29)34-22(24)14-7-9-33-13-14)26(16)12-15(21(25)30)27(23,31)35-26/h7,9,11,13,15-17,22,31H,6,8,10,12H2,1-5H3/t15?,16?,17?,22?,24-,25+,26?,27?/m1/s1. The summed E-state index contributed by atoms with van der Waals surface area (Å²) in [7, 11) is 1.33. The molecule has 1 aromatic heterocycles. The van der Waals surface area contributed by atoms with E-state index in [4.69, 9.17) is 18.6 Å². The second-order valence-electron chi connectivity index (χ2n) is 12.1. The van der Waals surface area contributed by atoms with Crippen molar-refractivity contribution in [1.29, 1.82) is 0 Å². The second-order valence-corrected chi connectivity index (χ2v) is 12.1. The van der Waals surface area contributed by atoms with Crippen LogP contribution >= 0.6 is 0 Å². The van der Waals surface area contributed by atoms with Crippen LogP contribution in [0.4, 0.5) is 0 Å². The largest absolute Gasteiger partial charge is 0.472 e. The van der Waals surface area contributed by atoms with Gasteiger partial charge in [-0.2, -0.15) is 0 Å². The van der Waals surface area contributed by atoms with Crippen molar-refractivity contribution in [3.05, 3.63) is 35.8 Å². The van der Waals surface area contributed by atoms with Crippen LogP contribution in [0.1, 0.15) is 65.0 Å². The minimum absolute atomic E-state index is 0.00666. The first kappa shape index (κ1) is 23.0. The van der Waals surface area contributed by atoms with Gasteiger partial charge in [-0.15, -0.1) is 0 Å². The van der Waals surface area contributed by atoms with Crippen LogP contribution in [-0.2, 0) is 28.6 Å². The van der Waals surface area contributed by atoms with Crippen LogP contribution in [0.3, 0.4) is 0 Å². The van der Waals surface area contributed by atoms with Crippen molar-refractivity contribution in [3.63, 3.8) is 0 Å². The van der Waals surface area contributed by atoms with Crippen LogP contribution in [0.2, 0.25) is 0 Å². The van der Waals surface area contributed by atoms with Crippen LogP contribution in [-0.4, -0.2) is 41.3 Å². The first-order valence-electron chi connectivity index (χ1n) is 12.4. The number of hydrogen-bond acceptors (Lipinski definition) is 8. The molecule has 8 heteroatoms. The van der Waals surface area contributed by atoms with Crippen molar-refractivity contribution in [1.82, 2.24) is 0 Å². The van der Waals surface area contributed by atoms with Gasteiger partial charge in [0, 0.05) is 40.2 Å². The maximum absolute atomic E-state index is 14.0. The molecule has 4 fully saturated rings. The third kappa shape index (κ3) is 2.43. The van der Waals surface area contributed by atoms with Crippen LogP contribution < -0.4 is 0 Å². The summed E-state index contributed by atoms with van der Waals surface area (Å²) < 4.78 is 22.9. The number of rotatable bonds is 3. The van der Waals surface area contributed by atoms with Crippen LogP contribution in [0.5, 0.6) is 0 Å². The molecular formula is C27H32O8. The fourth-order valence-corrected chi connectivity index (χ4v) is 8.82. The number of fused-ring (bicyclic) bond motifs is 3. The summed E-state index contributed by atoms with van der Waals surface area (Å²) in [5.74, 6) is -4.27. The molecule has 3 saturated carbocycles. The van der Waals surface area contributed by atoms with Gasteiger partial charge in [-0.1, -0.05) is 27.7 Å². The second kappa shape index (κ2) is 6.65. The molecule has 8 nitrogen and oxygen atoms in total. The Labute approximate surface area is 204 Å². The molecular weight excluding hydrogens is 452 g/mol. The molecule has 6 unspecified atom stereocenters. The van der Waals surface area contributed by atoms with Gasteiger partial charge in [0.25, 0.3) is 0 Å². The van der Waals surface area contributed by atoms with E-state index in [1.54, 1.807) is 18.6 Å². The minimum Gasteiger partial charge on any atom is -0.472 e. The summed E-state index contributed by atoms with van der Waals surface area (Å²) in [5.41, 5.74) is -1.92. The number of hydrogen-bond donors (Lipinski definition) is 1.